The first kappa shape index (κ1) is 20.3. The summed E-state index contributed by atoms with van der Waals surface area (Å²) in [6, 6.07) is 9.19. The topological polar surface area (TPSA) is 123 Å². The van der Waals surface area contributed by atoms with Crippen LogP contribution in [0.3, 0.4) is 0 Å². The number of halogens is 2. The van der Waals surface area contributed by atoms with Crippen LogP contribution < -0.4 is 0 Å². The van der Waals surface area contributed by atoms with E-state index in [0.717, 1.165) is 36.4 Å². The van der Waals surface area contributed by atoms with Crippen LogP contribution in [0.15, 0.2) is 68.8 Å². The summed E-state index contributed by atoms with van der Waals surface area (Å²) in [5.74, 6) is -1.35. The molecule has 0 fully saturated rings. The van der Waals surface area contributed by atoms with E-state index < -0.39 is 41.7 Å². The zero-order valence-electron chi connectivity index (χ0n) is 14.7. The van der Waals surface area contributed by atoms with Gasteiger partial charge in [-0.2, -0.15) is 8.42 Å². The number of fused-ring (bicyclic) bond motifs is 2. The van der Waals surface area contributed by atoms with Crippen LogP contribution in [0.1, 0.15) is 0 Å². The molecular formula is C19H10F2O7S2. The first-order valence-electron chi connectivity index (χ1n) is 8.17. The third kappa shape index (κ3) is 3.52. The quantitative estimate of drug-likeness (QED) is 0.283. The van der Waals surface area contributed by atoms with Crippen molar-refractivity contribution in [2.75, 3.05) is 0 Å². The molecule has 4 aromatic rings. The Hall–Kier alpha value is -2.99. The van der Waals surface area contributed by atoms with Crippen LogP contribution in [0.4, 0.5) is 8.78 Å². The summed E-state index contributed by atoms with van der Waals surface area (Å²) in [7, 11) is -10.0. The van der Waals surface area contributed by atoms with E-state index in [1.54, 1.807) is 0 Å². The lowest BCUT2D eigenvalue weighted by molar-refractivity contribution is 0.463. The molecule has 0 aliphatic rings. The highest BCUT2D eigenvalue weighted by Gasteiger charge is 2.25. The molecule has 1 aromatic heterocycles. The van der Waals surface area contributed by atoms with Gasteiger partial charge in [0.15, 0.2) is 0 Å². The van der Waals surface area contributed by atoms with Crippen molar-refractivity contribution in [2.45, 2.75) is 9.79 Å². The summed E-state index contributed by atoms with van der Waals surface area (Å²) in [6.07, 6.45) is 0. The third-order valence-electron chi connectivity index (χ3n) is 4.44. The van der Waals surface area contributed by atoms with Crippen molar-refractivity contribution in [1.82, 2.24) is 0 Å². The van der Waals surface area contributed by atoms with E-state index in [9.17, 15) is 34.7 Å². The predicted molar refractivity (Wildman–Crippen MR) is 101 cm³/mol. The summed E-state index contributed by atoms with van der Waals surface area (Å²) in [5, 5.41) is 0.389. The van der Waals surface area contributed by atoms with Crippen molar-refractivity contribution < 1.29 is 39.1 Å². The molecule has 0 aliphatic carbocycles. The van der Waals surface area contributed by atoms with Gasteiger partial charge in [-0.1, -0.05) is 6.07 Å². The molecule has 0 unspecified atom stereocenters. The lowest BCUT2D eigenvalue weighted by atomic mass is 9.97. The van der Waals surface area contributed by atoms with Crippen LogP contribution in [-0.4, -0.2) is 25.9 Å². The lowest BCUT2D eigenvalue weighted by Crippen LogP contribution is -2.06. The van der Waals surface area contributed by atoms with Crippen molar-refractivity contribution in [3.05, 3.63) is 66.2 Å². The Balaban J connectivity index is 2.23. The molecular weight excluding hydrogens is 442 g/mol. The van der Waals surface area contributed by atoms with Crippen LogP contribution in [0.5, 0.6) is 0 Å². The maximum atomic E-state index is 13.7. The molecule has 3 aromatic carbocycles. The molecule has 11 heteroatoms. The van der Waals surface area contributed by atoms with Crippen LogP contribution in [0, 0.1) is 11.6 Å². The molecule has 0 saturated heterocycles. The number of benzene rings is 3. The van der Waals surface area contributed by atoms with E-state index >= 15 is 0 Å². The molecule has 154 valence electrons. The van der Waals surface area contributed by atoms with Gasteiger partial charge in [0, 0.05) is 11.1 Å². The maximum absolute atomic E-state index is 13.7. The van der Waals surface area contributed by atoms with Gasteiger partial charge in [-0.3, -0.25) is 4.55 Å². The van der Waals surface area contributed by atoms with E-state index in [2.05, 4.69) is 0 Å². The zero-order valence-corrected chi connectivity index (χ0v) is 16.3. The molecule has 1 heterocycles. The highest BCUT2D eigenvalue weighted by molar-refractivity contribution is 7.86. The van der Waals surface area contributed by atoms with Gasteiger partial charge in [-0.15, -0.1) is 0 Å². The molecule has 0 bridgehead atoms. The Kier molecular flexibility index (Phi) is 4.58. The average Bonchev–Trinajstić information content (AvgIpc) is 2.64. The fourth-order valence-corrected chi connectivity index (χ4v) is 4.50. The first-order valence-corrected chi connectivity index (χ1v) is 11.0. The van der Waals surface area contributed by atoms with Gasteiger partial charge < -0.3 is 4.55 Å². The fraction of sp³-hybridized carbons (Fsp3) is 0. The van der Waals surface area contributed by atoms with Crippen molar-refractivity contribution in [1.29, 1.82) is 0 Å². The second-order valence-corrected chi connectivity index (χ2v) is 9.11. The Morgan fingerprint density at radius 3 is 1.80 bits per heavy atom. The summed E-state index contributed by atoms with van der Waals surface area (Å²) >= 11 is 0. The Bertz CT molecular complexity index is 1500. The third-order valence-corrected chi connectivity index (χ3v) is 6.16. The second kappa shape index (κ2) is 6.77. The SMILES string of the molecule is O=S(=O)([O-])c1cc(S(=O)(=O)O)ccc1-c1c2ccc(F)cc2[o+]c2cc(F)ccc12. The van der Waals surface area contributed by atoms with Gasteiger partial charge in [0.25, 0.3) is 10.1 Å². The molecule has 0 aliphatic heterocycles. The lowest BCUT2D eigenvalue weighted by Gasteiger charge is -2.15. The van der Waals surface area contributed by atoms with Gasteiger partial charge >= 0.3 is 11.2 Å². The van der Waals surface area contributed by atoms with Gasteiger partial charge in [-0.25, -0.2) is 21.6 Å². The van der Waals surface area contributed by atoms with E-state index in [-0.39, 0.29) is 33.1 Å². The predicted octanol–water partition coefficient (Wildman–Crippen LogP) is 3.96. The summed E-state index contributed by atoms with van der Waals surface area (Å²) in [6.45, 7) is 0. The van der Waals surface area contributed by atoms with Gasteiger partial charge in [0.2, 0.25) is 0 Å². The normalized spacial score (nSPS) is 12.5. The first-order chi connectivity index (χ1) is 13.9. The van der Waals surface area contributed by atoms with Crippen molar-refractivity contribution >= 4 is 42.2 Å². The van der Waals surface area contributed by atoms with Gasteiger partial charge in [-0.05, 0) is 36.4 Å². The highest BCUT2D eigenvalue weighted by atomic mass is 32.2. The Morgan fingerprint density at radius 1 is 0.800 bits per heavy atom. The highest BCUT2D eigenvalue weighted by Crippen LogP contribution is 2.40. The average molecular weight is 452 g/mol. The summed E-state index contributed by atoms with van der Waals surface area (Å²) in [5.41, 5.74) is -0.253. The molecule has 4 rings (SSSR count). The largest absolute Gasteiger partial charge is 0.744 e. The fourth-order valence-electron chi connectivity index (χ4n) is 3.20. The minimum absolute atomic E-state index is 0.0591. The standard InChI is InChI=1S/C19H10F2O7S2/c20-10-1-4-13-16(7-10)28-17-8-11(21)2-5-14(17)19(13)15-6-3-12(29(22,23)24)9-18(15)30(25,26)27/h1-9H,(H-,22,23,24,25,26,27). The molecule has 1 N–H and O–H groups in total. The van der Waals surface area contributed by atoms with Gasteiger partial charge in [0.05, 0.1) is 32.7 Å². The summed E-state index contributed by atoms with van der Waals surface area (Å²) < 4.78 is 101. The Morgan fingerprint density at radius 2 is 1.33 bits per heavy atom. The second-order valence-electron chi connectivity index (χ2n) is 6.35. The van der Waals surface area contributed by atoms with Crippen LogP contribution in [0.2, 0.25) is 0 Å². The zero-order chi connectivity index (χ0) is 21.8. The molecule has 30 heavy (non-hydrogen) atoms. The van der Waals surface area contributed by atoms with Gasteiger partial charge in [0.1, 0.15) is 21.8 Å². The molecule has 0 radical (unpaired) electrons. The van der Waals surface area contributed by atoms with Crippen molar-refractivity contribution in [2.24, 2.45) is 0 Å². The maximum Gasteiger partial charge on any atom is 0.364 e. The molecule has 0 atom stereocenters. The minimum atomic E-state index is -5.22. The van der Waals surface area contributed by atoms with E-state index in [1.807, 2.05) is 0 Å². The number of hydrogen-bond acceptors (Lipinski definition) is 5. The molecule has 7 nitrogen and oxygen atoms in total. The monoisotopic (exact) mass is 452 g/mol. The Labute approximate surface area is 168 Å². The number of hydrogen-bond donors (Lipinski definition) is 1. The van der Waals surface area contributed by atoms with E-state index in [0.29, 0.717) is 6.07 Å². The minimum Gasteiger partial charge on any atom is -0.744 e. The van der Waals surface area contributed by atoms with Crippen molar-refractivity contribution in [3.63, 3.8) is 0 Å². The van der Waals surface area contributed by atoms with Crippen molar-refractivity contribution in [3.8, 4) is 11.1 Å². The van der Waals surface area contributed by atoms with Crippen LogP contribution in [0.25, 0.3) is 33.1 Å². The molecule has 0 saturated carbocycles. The van der Waals surface area contributed by atoms with Crippen LogP contribution >= 0.6 is 0 Å². The smallest absolute Gasteiger partial charge is 0.364 e. The van der Waals surface area contributed by atoms with Crippen LogP contribution in [-0.2, 0) is 20.2 Å². The number of rotatable bonds is 3. The molecule has 0 amide bonds. The van der Waals surface area contributed by atoms with E-state index in [1.165, 1.54) is 12.1 Å². The molecule has 0 spiro atoms. The van der Waals surface area contributed by atoms with E-state index in [4.69, 9.17) is 4.42 Å². The summed E-state index contributed by atoms with van der Waals surface area (Å²) in [4.78, 5) is -1.73.